The van der Waals surface area contributed by atoms with Crippen LogP contribution in [-0.4, -0.2) is 47.1 Å². The molecule has 1 aliphatic heterocycles. The van der Waals surface area contributed by atoms with Gasteiger partial charge >= 0.3 is 5.97 Å². The van der Waals surface area contributed by atoms with Crippen LogP contribution >= 0.6 is 0 Å². The molecule has 0 saturated heterocycles. The van der Waals surface area contributed by atoms with Crippen molar-refractivity contribution in [3.05, 3.63) is 47.8 Å². The molecule has 0 aromatic carbocycles. The lowest BCUT2D eigenvalue weighted by Gasteiger charge is -2.28. The maximum Gasteiger partial charge on any atom is 0.303 e. The summed E-state index contributed by atoms with van der Waals surface area (Å²) < 4.78 is 3.67. The van der Waals surface area contributed by atoms with E-state index in [1.165, 1.54) is 0 Å². The van der Waals surface area contributed by atoms with Gasteiger partial charge in [-0.15, -0.1) is 0 Å². The van der Waals surface area contributed by atoms with Crippen molar-refractivity contribution in [1.29, 1.82) is 0 Å². The van der Waals surface area contributed by atoms with Crippen LogP contribution in [0.25, 0.3) is 5.82 Å². The van der Waals surface area contributed by atoms with Crippen molar-refractivity contribution < 1.29 is 9.90 Å². The van der Waals surface area contributed by atoms with Crippen LogP contribution in [-0.2, 0) is 24.3 Å². The molecule has 0 aliphatic carbocycles. The van der Waals surface area contributed by atoms with Gasteiger partial charge in [-0.25, -0.2) is 14.6 Å². The molecule has 0 atom stereocenters. The highest BCUT2D eigenvalue weighted by molar-refractivity contribution is 5.66. The zero-order chi connectivity index (χ0) is 18.1. The number of aromatic nitrogens is 6. The normalized spacial score (nSPS) is 13.7. The Kier molecular flexibility index (Phi) is 4.11. The van der Waals surface area contributed by atoms with Gasteiger partial charge in [0.15, 0.2) is 5.82 Å². The quantitative estimate of drug-likeness (QED) is 0.735. The van der Waals surface area contributed by atoms with E-state index in [9.17, 15) is 4.79 Å². The smallest absolute Gasteiger partial charge is 0.303 e. The number of fused-ring (bicyclic) bond motifs is 1. The van der Waals surface area contributed by atoms with Gasteiger partial charge in [0.05, 0.1) is 30.9 Å². The highest BCUT2D eigenvalue weighted by atomic mass is 16.4. The SMILES string of the molecule is Cc1nc(N2CCn3nc(CCC(=O)O)cc3C2)cc(-n2cccn2)n1. The largest absolute Gasteiger partial charge is 0.481 e. The summed E-state index contributed by atoms with van der Waals surface area (Å²) in [5.41, 5.74) is 1.88. The third-order valence-electron chi connectivity index (χ3n) is 4.32. The molecule has 3 aromatic heterocycles. The fourth-order valence-corrected chi connectivity index (χ4v) is 3.10. The number of carboxylic acid groups (broad SMARTS) is 1. The van der Waals surface area contributed by atoms with E-state index >= 15 is 0 Å². The molecule has 1 aliphatic rings. The van der Waals surface area contributed by atoms with E-state index in [1.54, 1.807) is 10.9 Å². The van der Waals surface area contributed by atoms with E-state index in [0.29, 0.717) is 18.8 Å². The summed E-state index contributed by atoms with van der Waals surface area (Å²) in [6.45, 7) is 4.06. The van der Waals surface area contributed by atoms with Crippen molar-refractivity contribution >= 4 is 11.8 Å². The molecule has 0 unspecified atom stereocenters. The van der Waals surface area contributed by atoms with E-state index in [1.807, 2.05) is 36.0 Å². The Hall–Kier alpha value is -3.23. The zero-order valence-corrected chi connectivity index (χ0v) is 14.4. The van der Waals surface area contributed by atoms with Gasteiger partial charge < -0.3 is 10.0 Å². The molecule has 4 rings (SSSR count). The molecule has 0 radical (unpaired) electrons. The molecular formula is C17H19N7O2. The highest BCUT2D eigenvalue weighted by Gasteiger charge is 2.21. The maximum atomic E-state index is 10.8. The van der Waals surface area contributed by atoms with Crippen LogP contribution in [0.2, 0.25) is 0 Å². The molecule has 0 saturated carbocycles. The van der Waals surface area contributed by atoms with Crippen molar-refractivity contribution in [1.82, 2.24) is 29.5 Å². The minimum atomic E-state index is -0.805. The molecule has 26 heavy (non-hydrogen) atoms. The topological polar surface area (TPSA) is 102 Å². The lowest BCUT2D eigenvalue weighted by Crippen LogP contribution is -2.34. The fraction of sp³-hybridized carbons (Fsp3) is 0.353. The van der Waals surface area contributed by atoms with Crippen LogP contribution < -0.4 is 4.90 Å². The Morgan fingerprint density at radius 2 is 2.08 bits per heavy atom. The van der Waals surface area contributed by atoms with Crippen molar-refractivity contribution in [2.24, 2.45) is 0 Å². The summed E-state index contributed by atoms with van der Waals surface area (Å²) in [5, 5.41) is 17.6. The van der Waals surface area contributed by atoms with Gasteiger partial charge in [-0.05, 0) is 19.1 Å². The minimum absolute atomic E-state index is 0.0957. The van der Waals surface area contributed by atoms with Gasteiger partial charge in [0.25, 0.3) is 0 Å². The molecular weight excluding hydrogens is 334 g/mol. The summed E-state index contributed by atoms with van der Waals surface area (Å²) >= 11 is 0. The van der Waals surface area contributed by atoms with E-state index in [2.05, 4.69) is 25.1 Å². The van der Waals surface area contributed by atoms with Crippen LogP contribution in [0.5, 0.6) is 0 Å². The fourth-order valence-electron chi connectivity index (χ4n) is 3.10. The molecule has 9 nitrogen and oxygen atoms in total. The number of hydrogen-bond acceptors (Lipinski definition) is 6. The molecule has 0 amide bonds. The third kappa shape index (κ3) is 3.28. The molecule has 134 valence electrons. The summed E-state index contributed by atoms with van der Waals surface area (Å²) in [6, 6.07) is 5.77. The predicted molar refractivity (Wildman–Crippen MR) is 93.1 cm³/mol. The number of anilines is 1. The van der Waals surface area contributed by atoms with Crippen LogP contribution in [0.1, 0.15) is 23.6 Å². The Bertz CT molecular complexity index is 933. The van der Waals surface area contributed by atoms with E-state index in [0.717, 1.165) is 36.1 Å². The first-order valence-corrected chi connectivity index (χ1v) is 8.46. The number of carboxylic acids is 1. The first kappa shape index (κ1) is 16.2. The van der Waals surface area contributed by atoms with Gasteiger partial charge in [-0.2, -0.15) is 10.2 Å². The van der Waals surface area contributed by atoms with E-state index in [4.69, 9.17) is 5.11 Å². The molecule has 0 spiro atoms. The Balaban J connectivity index is 1.56. The number of carbonyl (C=O) groups is 1. The molecule has 0 bridgehead atoms. The second-order valence-corrected chi connectivity index (χ2v) is 6.25. The third-order valence-corrected chi connectivity index (χ3v) is 4.32. The number of aryl methyl sites for hydroxylation is 2. The molecule has 4 heterocycles. The van der Waals surface area contributed by atoms with Crippen molar-refractivity contribution in [3.63, 3.8) is 0 Å². The monoisotopic (exact) mass is 353 g/mol. The summed E-state index contributed by atoms with van der Waals surface area (Å²) in [6.07, 6.45) is 4.12. The minimum Gasteiger partial charge on any atom is -0.481 e. The molecule has 1 N–H and O–H groups in total. The summed E-state index contributed by atoms with van der Waals surface area (Å²) in [7, 11) is 0. The highest BCUT2D eigenvalue weighted by Crippen LogP contribution is 2.22. The number of aliphatic carboxylic acids is 1. The molecule has 3 aromatic rings. The van der Waals surface area contributed by atoms with Crippen LogP contribution in [0.15, 0.2) is 30.6 Å². The Morgan fingerprint density at radius 3 is 2.85 bits per heavy atom. The van der Waals surface area contributed by atoms with Crippen molar-refractivity contribution in [2.75, 3.05) is 11.4 Å². The van der Waals surface area contributed by atoms with Crippen LogP contribution in [0, 0.1) is 6.92 Å². The van der Waals surface area contributed by atoms with Crippen LogP contribution in [0.3, 0.4) is 0 Å². The van der Waals surface area contributed by atoms with Crippen molar-refractivity contribution in [2.45, 2.75) is 32.9 Å². The Labute approximate surface area is 149 Å². The predicted octanol–water partition coefficient (Wildman–Crippen LogP) is 1.20. The second kappa shape index (κ2) is 6.58. The molecule has 0 fully saturated rings. The van der Waals surface area contributed by atoms with Gasteiger partial charge in [-0.1, -0.05) is 0 Å². The Morgan fingerprint density at radius 1 is 1.23 bits per heavy atom. The van der Waals surface area contributed by atoms with Gasteiger partial charge in [0.2, 0.25) is 0 Å². The number of rotatable bonds is 5. The van der Waals surface area contributed by atoms with Gasteiger partial charge in [-0.3, -0.25) is 9.48 Å². The number of nitrogens with zero attached hydrogens (tertiary/aromatic N) is 7. The van der Waals surface area contributed by atoms with E-state index in [-0.39, 0.29) is 6.42 Å². The van der Waals surface area contributed by atoms with Gasteiger partial charge in [0.1, 0.15) is 11.6 Å². The average Bonchev–Trinajstić information content (AvgIpc) is 3.28. The van der Waals surface area contributed by atoms with Gasteiger partial charge in [0, 0.05) is 31.4 Å². The maximum absolute atomic E-state index is 10.8. The first-order valence-electron chi connectivity index (χ1n) is 8.46. The van der Waals surface area contributed by atoms with Crippen molar-refractivity contribution in [3.8, 4) is 5.82 Å². The average molecular weight is 353 g/mol. The summed E-state index contributed by atoms with van der Waals surface area (Å²) in [5.74, 6) is 1.47. The second-order valence-electron chi connectivity index (χ2n) is 6.25. The first-order chi connectivity index (χ1) is 12.6. The zero-order valence-electron chi connectivity index (χ0n) is 14.4. The standard InChI is InChI=1S/C17H19N7O2/c1-12-19-15(10-16(20-12)24-6-2-5-18-24)22-7-8-23-14(11-22)9-13(21-23)3-4-17(25)26/h2,5-6,9-10H,3-4,7-8,11H2,1H3,(H,25,26). The molecule has 9 heteroatoms. The van der Waals surface area contributed by atoms with Crippen LogP contribution in [0.4, 0.5) is 5.82 Å². The number of hydrogen-bond donors (Lipinski definition) is 1. The lowest BCUT2D eigenvalue weighted by molar-refractivity contribution is -0.136. The lowest BCUT2D eigenvalue weighted by atomic mass is 10.2. The van der Waals surface area contributed by atoms with E-state index < -0.39 is 5.97 Å². The summed E-state index contributed by atoms with van der Waals surface area (Å²) in [4.78, 5) is 22.0.